The highest BCUT2D eigenvalue weighted by molar-refractivity contribution is 6.25. The van der Waals surface area contributed by atoms with Crippen molar-refractivity contribution in [2.24, 2.45) is 5.73 Å². The van der Waals surface area contributed by atoms with Gasteiger partial charge in [0, 0.05) is 24.7 Å². The number of amides is 2. The first-order valence-corrected chi connectivity index (χ1v) is 9.31. The number of anilines is 1. The monoisotopic (exact) mass is 396 g/mol. The van der Waals surface area contributed by atoms with Gasteiger partial charge in [-0.05, 0) is 49.7 Å². The zero-order chi connectivity index (χ0) is 20.6. The van der Waals surface area contributed by atoms with E-state index in [1.54, 1.807) is 24.3 Å². The number of rotatable bonds is 7. The summed E-state index contributed by atoms with van der Waals surface area (Å²) in [5, 5.41) is 5.55. The first-order valence-electron chi connectivity index (χ1n) is 9.31. The number of carbonyl (C=O) groups is 2. The number of likely N-dealkylation sites (tertiary alicyclic amines) is 1. The molecule has 0 unspecified atom stereocenters. The van der Waals surface area contributed by atoms with Gasteiger partial charge < -0.3 is 21.1 Å². The van der Waals surface area contributed by atoms with Crippen LogP contribution in [0.25, 0.3) is 5.57 Å². The number of carbonyl (C=O) groups excluding carboxylic acids is 2. The summed E-state index contributed by atoms with van der Waals surface area (Å²) in [6.45, 7) is 2.53. The summed E-state index contributed by atoms with van der Waals surface area (Å²) in [4.78, 5) is 35.1. The summed E-state index contributed by atoms with van der Waals surface area (Å²) in [5.74, 6) is 0.0525. The van der Waals surface area contributed by atoms with Crippen LogP contribution in [0.3, 0.4) is 0 Å². The predicted molar refractivity (Wildman–Crippen MR) is 109 cm³/mol. The standard InChI is InChI=1S/C20H24N6O3/c1-29-18-10-14(6-7-22-18)16(11-21)20(28)25-17-5-4-15(12-23-17)19(27)24-13-26-8-2-3-9-26/h4-7,10-12H,2-3,8-9,13,21H2,1H3,(H,24,27)(H,23,25,28). The van der Waals surface area contributed by atoms with E-state index in [1.165, 1.54) is 25.7 Å². The smallest absolute Gasteiger partial charge is 0.258 e. The summed E-state index contributed by atoms with van der Waals surface area (Å²) in [7, 11) is 1.49. The third-order valence-electron chi connectivity index (χ3n) is 4.60. The molecular formula is C20H24N6O3. The van der Waals surface area contributed by atoms with Crippen molar-refractivity contribution >= 4 is 23.2 Å². The molecule has 1 aliphatic rings. The van der Waals surface area contributed by atoms with Crippen LogP contribution in [0, 0.1) is 0 Å². The van der Waals surface area contributed by atoms with E-state index in [-0.39, 0.29) is 11.5 Å². The van der Waals surface area contributed by atoms with Gasteiger partial charge in [-0.1, -0.05) is 0 Å². The lowest BCUT2D eigenvalue weighted by Crippen LogP contribution is -2.35. The molecule has 9 nitrogen and oxygen atoms in total. The van der Waals surface area contributed by atoms with E-state index in [2.05, 4.69) is 25.5 Å². The molecule has 0 radical (unpaired) electrons. The Kier molecular flexibility index (Phi) is 6.75. The summed E-state index contributed by atoms with van der Waals surface area (Å²) in [5.41, 5.74) is 6.88. The number of pyridine rings is 2. The highest BCUT2D eigenvalue weighted by atomic mass is 16.5. The second kappa shape index (κ2) is 9.65. The third kappa shape index (κ3) is 5.29. The molecule has 0 aromatic carbocycles. The minimum absolute atomic E-state index is 0.200. The van der Waals surface area contributed by atoms with E-state index in [0.717, 1.165) is 25.9 Å². The Morgan fingerprint density at radius 3 is 2.66 bits per heavy atom. The molecule has 9 heteroatoms. The molecule has 152 valence electrons. The quantitative estimate of drug-likeness (QED) is 0.601. The van der Waals surface area contributed by atoms with Gasteiger partial charge in [0.25, 0.3) is 11.8 Å². The molecule has 29 heavy (non-hydrogen) atoms. The highest BCUT2D eigenvalue weighted by Gasteiger charge is 2.15. The van der Waals surface area contributed by atoms with Crippen molar-refractivity contribution in [3.05, 3.63) is 54.0 Å². The van der Waals surface area contributed by atoms with Gasteiger partial charge in [0.15, 0.2) is 0 Å². The maximum absolute atomic E-state index is 12.6. The van der Waals surface area contributed by atoms with Gasteiger partial charge in [0.05, 0.1) is 24.9 Å². The third-order valence-corrected chi connectivity index (χ3v) is 4.60. The van der Waals surface area contributed by atoms with Gasteiger partial charge in [-0.15, -0.1) is 0 Å². The van der Waals surface area contributed by atoms with Crippen molar-refractivity contribution in [1.29, 1.82) is 0 Å². The fraction of sp³-hybridized carbons (Fsp3) is 0.300. The molecule has 0 spiro atoms. The lowest BCUT2D eigenvalue weighted by Gasteiger charge is -2.15. The van der Waals surface area contributed by atoms with Crippen LogP contribution < -0.4 is 21.1 Å². The maximum atomic E-state index is 12.6. The average Bonchev–Trinajstić information content (AvgIpc) is 3.27. The fourth-order valence-electron chi connectivity index (χ4n) is 3.00. The van der Waals surface area contributed by atoms with Crippen molar-refractivity contribution in [2.45, 2.75) is 12.8 Å². The number of nitrogens with two attached hydrogens (primary N) is 1. The average molecular weight is 396 g/mol. The molecule has 3 heterocycles. The van der Waals surface area contributed by atoms with E-state index < -0.39 is 5.91 Å². The maximum Gasteiger partial charge on any atom is 0.258 e. The number of nitrogens with one attached hydrogen (secondary N) is 2. The molecular weight excluding hydrogens is 372 g/mol. The van der Waals surface area contributed by atoms with Gasteiger partial charge >= 0.3 is 0 Å². The van der Waals surface area contributed by atoms with Gasteiger partial charge in [-0.2, -0.15) is 0 Å². The first-order chi connectivity index (χ1) is 14.1. The van der Waals surface area contributed by atoms with Crippen LogP contribution >= 0.6 is 0 Å². The zero-order valence-electron chi connectivity index (χ0n) is 16.2. The van der Waals surface area contributed by atoms with Crippen molar-refractivity contribution < 1.29 is 14.3 Å². The van der Waals surface area contributed by atoms with Gasteiger partial charge in [-0.25, -0.2) is 9.97 Å². The Morgan fingerprint density at radius 2 is 2.00 bits per heavy atom. The molecule has 0 bridgehead atoms. The van der Waals surface area contributed by atoms with Crippen molar-refractivity contribution in [3.63, 3.8) is 0 Å². The van der Waals surface area contributed by atoms with E-state index in [1.807, 2.05) is 0 Å². The molecule has 4 N–H and O–H groups in total. The summed E-state index contributed by atoms with van der Waals surface area (Å²) in [6.07, 6.45) is 6.49. The second-order valence-electron chi connectivity index (χ2n) is 6.54. The molecule has 1 aliphatic heterocycles. The van der Waals surface area contributed by atoms with Crippen LogP contribution in [0.2, 0.25) is 0 Å². The number of hydrogen-bond donors (Lipinski definition) is 3. The highest BCUT2D eigenvalue weighted by Crippen LogP contribution is 2.19. The molecule has 0 saturated carbocycles. The minimum Gasteiger partial charge on any atom is -0.481 e. The number of hydrogen-bond acceptors (Lipinski definition) is 7. The minimum atomic E-state index is -0.431. The van der Waals surface area contributed by atoms with E-state index in [0.29, 0.717) is 29.5 Å². The van der Waals surface area contributed by atoms with E-state index >= 15 is 0 Å². The van der Waals surface area contributed by atoms with Crippen LogP contribution in [0.4, 0.5) is 5.82 Å². The molecule has 2 aromatic heterocycles. The summed E-state index contributed by atoms with van der Waals surface area (Å²) < 4.78 is 5.07. The molecule has 2 amide bonds. The van der Waals surface area contributed by atoms with Crippen LogP contribution in [-0.4, -0.2) is 53.6 Å². The van der Waals surface area contributed by atoms with Gasteiger partial charge in [0.2, 0.25) is 5.88 Å². The summed E-state index contributed by atoms with van der Waals surface area (Å²) >= 11 is 0. The Morgan fingerprint density at radius 1 is 1.21 bits per heavy atom. The normalized spacial score (nSPS) is 14.4. The number of aromatic nitrogens is 2. The zero-order valence-corrected chi connectivity index (χ0v) is 16.2. The Labute approximate surface area is 169 Å². The Balaban J connectivity index is 1.60. The predicted octanol–water partition coefficient (Wildman–Crippen LogP) is 1.21. The lowest BCUT2D eigenvalue weighted by molar-refractivity contribution is -0.111. The van der Waals surface area contributed by atoms with Crippen LogP contribution in [0.15, 0.2) is 42.9 Å². The topological polar surface area (TPSA) is 122 Å². The molecule has 3 rings (SSSR count). The molecule has 1 fully saturated rings. The number of ether oxygens (including phenoxy) is 1. The van der Waals surface area contributed by atoms with Crippen LogP contribution in [0.5, 0.6) is 5.88 Å². The van der Waals surface area contributed by atoms with E-state index in [4.69, 9.17) is 10.5 Å². The van der Waals surface area contributed by atoms with Gasteiger partial charge in [-0.3, -0.25) is 14.5 Å². The Hall–Kier alpha value is -3.46. The van der Waals surface area contributed by atoms with Crippen molar-refractivity contribution in [3.8, 4) is 5.88 Å². The Bertz CT molecular complexity index is 891. The van der Waals surface area contributed by atoms with Crippen LogP contribution in [-0.2, 0) is 4.79 Å². The summed E-state index contributed by atoms with van der Waals surface area (Å²) in [6, 6.07) is 6.45. The van der Waals surface area contributed by atoms with Crippen molar-refractivity contribution in [1.82, 2.24) is 20.2 Å². The molecule has 1 saturated heterocycles. The largest absolute Gasteiger partial charge is 0.481 e. The fourth-order valence-corrected chi connectivity index (χ4v) is 3.00. The van der Waals surface area contributed by atoms with Crippen LogP contribution in [0.1, 0.15) is 28.8 Å². The number of methoxy groups -OCH3 is 1. The van der Waals surface area contributed by atoms with Gasteiger partial charge in [0.1, 0.15) is 5.82 Å². The van der Waals surface area contributed by atoms with Crippen molar-refractivity contribution in [2.75, 3.05) is 32.2 Å². The number of nitrogens with zero attached hydrogens (tertiary/aromatic N) is 3. The molecule has 0 aliphatic carbocycles. The SMILES string of the molecule is COc1cc(C(=CN)C(=O)Nc2ccc(C(=O)NCN3CCCC3)cn2)ccn1. The molecule has 0 atom stereocenters. The van der Waals surface area contributed by atoms with E-state index in [9.17, 15) is 9.59 Å². The molecule has 2 aromatic rings. The second-order valence-corrected chi connectivity index (χ2v) is 6.54. The first kappa shape index (κ1) is 20.3. The lowest BCUT2D eigenvalue weighted by atomic mass is 10.1.